The molecule has 0 saturated carbocycles. The summed E-state index contributed by atoms with van der Waals surface area (Å²) in [6, 6.07) is 15.8. The predicted octanol–water partition coefficient (Wildman–Crippen LogP) is 3.68. The fraction of sp³-hybridized carbons (Fsp3) is 0. The minimum absolute atomic E-state index is 0.173. The number of aromatic carboxylic acids is 1. The first kappa shape index (κ1) is 11.5. The number of hydrogen-bond acceptors (Lipinski definition) is 2. The number of nitrogens with zero attached hydrogens (tertiary/aromatic N) is 1. The Morgan fingerprint density at radius 3 is 2.24 bits per heavy atom. The standard InChI is InChI=1S/C13H10ClNO2/c14-15(10-6-2-1-3-7-10)12-9-5-4-8-11(12)13(16)17/h1-9H,(H,16,17). The summed E-state index contributed by atoms with van der Waals surface area (Å²) in [4.78, 5) is 11.1. The molecule has 17 heavy (non-hydrogen) atoms. The monoisotopic (exact) mass is 247 g/mol. The van der Waals surface area contributed by atoms with Gasteiger partial charge in [0, 0.05) is 11.8 Å². The lowest BCUT2D eigenvalue weighted by Crippen LogP contribution is -2.08. The number of carboxylic acids is 1. The molecule has 2 rings (SSSR count). The number of rotatable bonds is 3. The maximum Gasteiger partial charge on any atom is 0.337 e. The number of hydrogen-bond donors (Lipinski definition) is 1. The van der Waals surface area contributed by atoms with Crippen LogP contribution in [0.4, 0.5) is 11.4 Å². The van der Waals surface area contributed by atoms with Crippen molar-refractivity contribution in [1.82, 2.24) is 0 Å². The van der Waals surface area contributed by atoms with E-state index in [9.17, 15) is 4.79 Å². The van der Waals surface area contributed by atoms with E-state index >= 15 is 0 Å². The number of halogens is 1. The van der Waals surface area contributed by atoms with E-state index in [1.807, 2.05) is 30.3 Å². The van der Waals surface area contributed by atoms with E-state index in [0.717, 1.165) is 5.69 Å². The lowest BCUT2D eigenvalue weighted by Gasteiger charge is -2.17. The minimum atomic E-state index is -0.998. The van der Waals surface area contributed by atoms with Gasteiger partial charge in [0.1, 0.15) is 0 Å². The molecular weight excluding hydrogens is 238 g/mol. The number of carbonyl (C=O) groups is 1. The maximum absolute atomic E-state index is 11.1. The molecule has 0 aliphatic carbocycles. The van der Waals surface area contributed by atoms with Gasteiger partial charge in [0.25, 0.3) is 0 Å². The van der Waals surface area contributed by atoms with Gasteiger partial charge in [-0.25, -0.2) is 4.79 Å². The van der Waals surface area contributed by atoms with Gasteiger partial charge in [-0.3, -0.25) is 4.42 Å². The summed E-state index contributed by atoms with van der Waals surface area (Å²) in [5.74, 6) is -0.998. The van der Waals surface area contributed by atoms with E-state index in [2.05, 4.69) is 0 Å². The van der Waals surface area contributed by atoms with Gasteiger partial charge < -0.3 is 5.11 Å². The summed E-state index contributed by atoms with van der Waals surface area (Å²) in [6.45, 7) is 0. The molecule has 0 atom stereocenters. The second-order valence-electron chi connectivity index (χ2n) is 3.44. The molecule has 0 aromatic heterocycles. The van der Waals surface area contributed by atoms with Crippen LogP contribution in [0.25, 0.3) is 0 Å². The summed E-state index contributed by atoms with van der Waals surface area (Å²) in [5.41, 5.74) is 1.35. The fourth-order valence-corrected chi connectivity index (χ4v) is 1.78. The average Bonchev–Trinajstić information content (AvgIpc) is 2.39. The summed E-state index contributed by atoms with van der Waals surface area (Å²) in [6.07, 6.45) is 0. The van der Waals surface area contributed by atoms with E-state index in [0.29, 0.717) is 5.69 Å². The zero-order valence-corrected chi connectivity index (χ0v) is 9.63. The van der Waals surface area contributed by atoms with Crippen molar-refractivity contribution in [1.29, 1.82) is 0 Å². The molecule has 86 valence electrons. The Bertz CT molecular complexity index is 528. The first-order chi connectivity index (χ1) is 8.20. The molecule has 0 spiro atoms. The van der Waals surface area contributed by atoms with Crippen molar-refractivity contribution in [3.8, 4) is 0 Å². The topological polar surface area (TPSA) is 40.5 Å². The molecule has 0 bridgehead atoms. The van der Waals surface area contributed by atoms with Crippen molar-refractivity contribution in [2.75, 3.05) is 4.42 Å². The average molecular weight is 248 g/mol. The third-order valence-electron chi connectivity index (χ3n) is 2.33. The van der Waals surface area contributed by atoms with Crippen LogP contribution >= 0.6 is 11.8 Å². The molecule has 0 unspecified atom stereocenters. The first-order valence-electron chi connectivity index (χ1n) is 5.03. The van der Waals surface area contributed by atoms with Gasteiger partial charge in [-0.1, -0.05) is 30.3 Å². The lowest BCUT2D eigenvalue weighted by atomic mass is 10.1. The molecular formula is C13H10ClNO2. The number of benzene rings is 2. The van der Waals surface area contributed by atoms with Crippen LogP contribution in [0.5, 0.6) is 0 Å². The Kier molecular flexibility index (Phi) is 3.30. The summed E-state index contributed by atoms with van der Waals surface area (Å²) in [7, 11) is 0. The molecule has 0 heterocycles. The second kappa shape index (κ2) is 4.89. The first-order valence-corrected chi connectivity index (χ1v) is 5.37. The quantitative estimate of drug-likeness (QED) is 0.842. The van der Waals surface area contributed by atoms with Gasteiger partial charge in [0.15, 0.2) is 0 Å². The van der Waals surface area contributed by atoms with Crippen LogP contribution in [0.1, 0.15) is 10.4 Å². The highest BCUT2D eigenvalue weighted by atomic mass is 35.5. The van der Waals surface area contributed by atoms with Crippen molar-refractivity contribution >= 4 is 29.1 Å². The molecule has 2 aromatic carbocycles. The third kappa shape index (κ3) is 2.40. The second-order valence-corrected chi connectivity index (χ2v) is 3.78. The Labute approximate surface area is 104 Å². The number of carboxylic acid groups (broad SMARTS) is 1. The smallest absolute Gasteiger partial charge is 0.337 e. The summed E-state index contributed by atoms with van der Waals surface area (Å²) in [5, 5.41) is 9.08. The predicted molar refractivity (Wildman–Crippen MR) is 67.8 cm³/mol. The van der Waals surface area contributed by atoms with Crippen LogP contribution in [-0.4, -0.2) is 11.1 Å². The molecule has 2 aromatic rings. The Hall–Kier alpha value is -2.00. The van der Waals surface area contributed by atoms with E-state index < -0.39 is 5.97 Å². The Balaban J connectivity index is 2.44. The molecule has 0 aliphatic rings. The van der Waals surface area contributed by atoms with Crippen LogP contribution < -0.4 is 4.42 Å². The van der Waals surface area contributed by atoms with Crippen molar-refractivity contribution < 1.29 is 9.90 Å². The van der Waals surface area contributed by atoms with Crippen LogP contribution in [0.15, 0.2) is 54.6 Å². The van der Waals surface area contributed by atoms with Crippen molar-refractivity contribution in [2.45, 2.75) is 0 Å². The van der Waals surface area contributed by atoms with Crippen molar-refractivity contribution in [2.24, 2.45) is 0 Å². The normalized spacial score (nSPS) is 9.94. The van der Waals surface area contributed by atoms with Crippen LogP contribution in [-0.2, 0) is 0 Å². The van der Waals surface area contributed by atoms with Crippen LogP contribution in [0.2, 0.25) is 0 Å². The van der Waals surface area contributed by atoms with Crippen molar-refractivity contribution in [3.05, 3.63) is 60.2 Å². The molecule has 1 N–H and O–H groups in total. The van der Waals surface area contributed by atoms with Crippen LogP contribution in [0, 0.1) is 0 Å². The highest BCUT2D eigenvalue weighted by Gasteiger charge is 2.14. The van der Waals surface area contributed by atoms with Crippen molar-refractivity contribution in [3.63, 3.8) is 0 Å². The molecule has 4 heteroatoms. The minimum Gasteiger partial charge on any atom is -0.478 e. The van der Waals surface area contributed by atoms with E-state index in [1.165, 1.54) is 10.5 Å². The van der Waals surface area contributed by atoms with Gasteiger partial charge in [0.05, 0.1) is 16.9 Å². The Morgan fingerprint density at radius 2 is 1.59 bits per heavy atom. The molecule has 0 aliphatic heterocycles. The molecule has 0 amide bonds. The number of para-hydroxylation sites is 2. The summed E-state index contributed by atoms with van der Waals surface area (Å²) >= 11 is 6.15. The van der Waals surface area contributed by atoms with E-state index in [1.54, 1.807) is 18.2 Å². The largest absolute Gasteiger partial charge is 0.478 e. The number of anilines is 2. The van der Waals surface area contributed by atoms with E-state index in [4.69, 9.17) is 16.9 Å². The van der Waals surface area contributed by atoms with Gasteiger partial charge in [0.2, 0.25) is 0 Å². The fourth-order valence-electron chi connectivity index (χ4n) is 1.52. The lowest BCUT2D eigenvalue weighted by molar-refractivity contribution is 0.0698. The molecule has 3 nitrogen and oxygen atoms in total. The van der Waals surface area contributed by atoms with Gasteiger partial charge in [-0.15, -0.1) is 0 Å². The molecule has 0 radical (unpaired) electrons. The summed E-state index contributed by atoms with van der Waals surface area (Å²) < 4.78 is 1.34. The molecule has 0 fully saturated rings. The highest BCUT2D eigenvalue weighted by Crippen LogP contribution is 2.30. The van der Waals surface area contributed by atoms with Gasteiger partial charge in [-0.05, 0) is 24.3 Å². The zero-order valence-electron chi connectivity index (χ0n) is 8.88. The van der Waals surface area contributed by atoms with Crippen LogP contribution in [0.3, 0.4) is 0 Å². The SMILES string of the molecule is O=C(O)c1ccccc1N(Cl)c1ccccc1. The van der Waals surface area contributed by atoms with Gasteiger partial charge in [-0.2, -0.15) is 0 Å². The van der Waals surface area contributed by atoms with E-state index in [-0.39, 0.29) is 5.56 Å². The maximum atomic E-state index is 11.1. The Morgan fingerprint density at radius 1 is 1.00 bits per heavy atom. The van der Waals surface area contributed by atoms with Gasteiger partial charge >= 0.3 is 5.97 Å². The third-order valence-corrected chi connectivity index (χ3v) is 2.71. The highest BCUT2D eigenvalue weighted by molar-refractivity contribution is 6.30. The molecule has 0 saturated heterocycles. The zero-order chi connectivity index (χ0) is 12.3.